The van der Waals surface area contributed by atoms with Gasteiger partial charge in [0.15, 0.2) is 17.5 Å². The van der Waals surface area contributed by atoms with Crippen LogP contribution in [0.15, 0.2) is 24.8 Å². The molecule has 0 aliphatic rings. The number of halogens is 3. The lowest BCUT2D eigenvalue weighted by Gasteiger charge is -2.18. The Kier molecular flexibility index (Phi) is 5.31. The van der Waals surface area contributed by atoms with Gasteiger partial charge in [-0.1, -0.05) is 6.08 Å². The van der Waals surface area contributed by atoms with Gasteiger partial charge in [0.05, 0.1) is 5.69 Å². The molecule has 108 valence electrons. The van der Waals surface area contributed by atoms with Crippen LogP contribution >= 0.6 is 0 Å². The average molecular weight is 286 g/mol. The summed E-state index contributed by atoms with van der Waals surface area (Å²) in [6, 6.07) is 1.60. The highest BCUT2D eigenvalue weighted by molar-refractivity contribution is 5.94. The molecule has 0 radical (unpaired) electrons. The molecule has 7 heteroatoms. The smallest absolute Gasteiger partial charge is 0.244 e. The van der Waals surface area contributed by atoms with E-state index in [9.17, 15) is 22.8 Å². The fourth-order valence-corrected chi connectivity index (χ4v) is 1.45. The Hall–Kier alpha value is -2.31. The Bertz CT molecular complexity index is 547. The van der Waals surface area contributed by atoms with E-state index in [1.807, 2.05) is 0 Å². The highest BCUT2D eigenvalue weighted by Crippen LogP contribution is 2.19. The van der Waals surface area contributed by atoms with Crippen molar-refractivity contribution in [3.63, 3.8) is 0 Å². The molecular formula is C13H13F3N2O2. The maximum absolute atomic E-state index is 13.3. The molecule has 0 spiro atoms. The van der Waals surface area contributed by atoms with Gasteiger partial charge in [-0.15, -0.1) is 6.58 Å². The molecule has 0 saturated carbocycles. The first-order valence-electron chi connectivity index (χ1n) is 5.66. The minimum atomic E-state index is -1.67. The van der Waals surface area contributed by atoms with Crippen LogP contribution in [-0.4, -0.2) is 29.8 Å². The van der Waals surface area contributed by atoms with Crippen LogP contribution in [0, 0.1) is 17.5 Å². The Morgan fingerprint density at radius 1 is 1.30 bits per heavy atom. The van der Waals surface area contributed by atoms with Gasteiger partial charge in [0.2, 0.25) is 11.8 Å². The molecule has 0 aromatic heterocycles. The third-order valence-electron chi connectivity index (χ3n) is 2.44. The predicted octanol–water partition coefficient (Wildman–Crippen LogP) is 2.08. The molecule has 20 heavy (non-hydrogen) atoms. The Balaban J connectivity index is 2.78. The van der Waals surface area contributed by atoms with Crippen LogP contribution in [0.4, 0.5) is 18.9 Å². The zero-order valence-electron chi connectivity index (χ0n) is 10.8. The molecule has 1 rings (SSSR count). The van der Waals surface area contributed by atoms with Crippen molar-refractivity contribution in [2.75, 3.05) is 18.4 Å². The van der Waals surface area contributed by atoms with Crippen molar-refractivity contribution in [3.05, 3.63) is 42.2 Å². The topological polar surface area (TPSA) is 49.4 Å². The summed E-state index contributed by atoms with van der Waals surface area (Å²) in [7, 11) is 0. The lowest BCUT2D eigenvalue weighted by Crippen LogP contribution is -2.36. The summed E-state index contributed by atoms with van der Waals surface area (Å²) < 4.78 is 39.0. The van der Waals surface area contributed by atoms with Crippen molar-refractivity contribution in [1.82, 2.24) is 4.90 Å². The van der Waals surface area contributed by atoms with Crippen molar-refractivity contribution in [2.24, 2.45) is 0 Å². The number of carbonyl (C=O) groups excluding carboxylic acids is 2. The Labute approximate surface area is 113 Å². The number of carbonyl (C=O) groups is 2. The van der Waals surface area contributed by atoms with E-state index in [4.69, 9.17) is 0 Å². The van der Waals surface area contributed by atoms with E-state index in [0.29, 0.717) is 6.07 Å². The highest BCUT2D eigenvalue weighted by atomic mass is 19.2. The first-order chi connectivity index (χ1) is 9.36. The minimum absolute atomic E-state index is 0.142. The van der Waals surface area contributed by atoms with Gasteiger partial charge in [-0.3, -0.25) is 9.59 Å². The van der Waals surface area contributed by atoms with E-state index in [0.717, 1.165) is 11.0 Å². The Morgan fingerprint density at radius 2 is 1.95 bits per heavy atom. The molecule has 1 aromatic carbocycles. The molecule has 1 N–H and O–H groups in total. The second-order valence-corrected chi connectivity index (χ2v) is 3.96. The molecule has 0 bridgehead atoms. The van der Waals surface area contributed by atoms with Crippen LogP contribution in [0.25, 0.3) is 0 Å². The molecule has 0 unspecified atom stereocenters. The Morgan fingerprint density at radius 3 is 2.50 bits per heavy atom. The molecule has 0 fully saturated rings. The first kappa shape index (κ1) is 15.7. The monoisotopic (exact) mass is 286 g/mol. The number of hydrogen-bond acceptors (Lipinski definition) is 2. The van der Waals surface area contributed by atoms with Crippen LogP contribution in [0.5, 0.6) is 0 Å². The van der Waals surface area contributed by atoms with Gasteiger partial charge in [-0.25, -0.2) is 13.2 Å². The van der Waals surface area contributed by atoms with Gasteiger partial charge in [-0.2, -0.15) is 0 Å². The van der Waals surface area contributed by atoms with Gasteiger partial charge in [0, 0.05) is 13.5 Å². The zero-order valence-corrected chi connectivity index (χ0v) is 10.8. The van der Waals surface area contributed by atoms with Gasteiger partial charge in [0.25, 0.3) is 0 Å². The number of nitrogens with zero attached hydrogens (tertiary/aromatic N) is 1. The second kappa shape index (κ2) is 6.74. The first-order valence-corrected chi connectivity index (χ1v) is 5.66. The van der Waals surface area contributed by atoms with Gasteiger partial charge in [-0.05, 0) is 12.1 Å². The summed E-state index contributed by atoms with van der Waals surface area (Å²) in [5.41, 5.74) is -0.490. The molecule has 4 nitrogen and oxygen atoms in total. The summed E-state index contributed by atoms with van der Waals surface area (Å²) >= 11 is 0. The van der Waals surface area contributed by atoms with Crippen LogP contribution in [-0.2, 0) is 9.59 Å². The molecule has 0 atom stereocenters. The van der Waals surface area contributed by atoms with Crippen LogP contribution in [0.1, 0.15) is 6.92 Å². The fourth-order valence-electron chi connectivity index (χ4n) is 1.45. The summed E-state index contributed by atoms with van der Waals surface area (Å²) in [6.45, 7) is 4.49. The van der Waals surface area contributed by atoms with E-state index in [1.165, 1.54) is 13.0 Å². The van der Waals surface area contributed by atoms with Crippen LogP contribution in [0.3, 0.4) is 0 Å². The van der Waals surface area contributed by atoms with Gasteiger partial charge >= 0.3 is 0 Å². The molecule has 0 aliphatic heterocycles. The number of rotatable bonds is 5. The normalized spacial score (nSPS) is 10.0. The van der Waals surface area contributed by atoms with Crippen molar-refractivity contribution in [1.29, 1.82) is 0 Å². The summed E-state index contributed by atoms with van der Waals surface area (Å²) in [5.74, 6) is -5.61. The van der Waals surface area contributed by atoms with Crippen molar-refractivity contribution >= 4 is 17.5 Å². The maximum Gasteiger partial charge on any atom is 0.244 e. The third-order valence-corrected chi connectivity index (χ3v) is 2.44. The van der Waals surface area contributed by atoms with Crippen molar-refractivity contribution in [3.8, 4) is 0 Å². The SMILES string of the molecule is C=CCN(CC(=O)Nc1ccc(F)c(F)c1F)C(C)=O. The maximum atomic E-state index is 13.3. The molecule has 0 saturated heterocycles. The molecule has 2 amide bonds. The molecule has 0 aliphatic carbocycles. The minimum Gasteiger partial charge on any atom is -0.330 e. The lowest BCUT2D eigenvalue weighted by atomic mass is 10.2. The van der Waals surface area contributed by atoms with Gasteiger partial charge in [0.1, 0.15) is 6.54 Å². The second-order valence-electron chi connectivity index (χ2n) is 3.96. The van der Waals surface area contributed by atoms with E-state index in [2.05, 4.69) is 11.9 Å². The average Bonchev–Trinajstić information content (AvgIpc) is 2.39. The zero-order chi connectivity index (χ0) is 15.3. The van der Waals surface area contributed by atoms with Crippen LogP contribution in [0.2, 0.25) is 0 Å². The van der Waals surface area contributed by atoms with E-state index in [-0.39, 0.29) is 19.0 Å². The number of nitrogens with one attached hydrogen (secondary N) is 1. The van der Waals surface area contributed by atoms with Gasteiger partial charge < -0.3 is 10.2 Å². The van der Waals surface area contributed by atoms with E-state index >= 15 is 0 Å². The summed E-state index contributed by atoms with van der Waals surface area (Å²) in [4.78, 5) is 24.0. The fraction of sp³-hybridized carbons (Fsp3) is 0.231. The van der Waals surface area contributed by atoms with Crippen molar-refractivity contribution in [2.45, 2.75) is 6.92 Å². The van der Waals surface area contributed by atoms with E-state index in [1.54, 1.807) is 0 Å². The highest BCUT2D eigenvalue weighted by Gasteiger charge is 2.17. The standard InChI is InChI=1S/C13H13F3N2O2/c1-3-6-18(8(2)19)7-11(20)17-10-5-4-9(14)12(15)13(10)16/h3-5H,1,6-7H2,2H3,(H,17,20). The van der Waals surface area contributed by atoms with Crippen molar-refractivity contribution < 1.29 is 22.8 Å². The summed E-state index contributed by atoms with van der Waals surface area (Å²) in [5, 5.41) is 2.07. The van der Waals surface area contributed by atoms with E-state index < -0.39 is 29.0 Å². The molecule has 0 heterocycles. The number of hydrogen-bond donors (Lipinski definition) is 1. The lowest BCUT2D eigenvalue weighted by molar-refractivity contribution is -0.132. The predicted molar refractivity (Wildman–Crippen MR) is 67.4 cm³/mol. The van der Waals surface area contributed by atoms with Crippen LogP contribution < -0.4 is 5.32 Å². The molecular weight excluding hydrogens is 273 g/mol. The quantitative estimate of drug-likeness (QED) is 0.665. The third kappa shape index (κ3) is 3.84. The molecule has 1 aromatic rings. The number of benzene rings is 1. The summed E-state index contributed by atoms with van der Waals surface area (Å²) in [6.07, 6.45) is 1.42. The number of amides is 2. The number of anilines is 1. The largest absolute Gasteiger partial charge is 0.330 e.